The Morgan fingerprint density at radius 1 is 1.03 bits per heavy atom. The van der Waals surface area contributed by atoms with Gasteiger partial charge in [0.25, 0.3) is 0 Å². The third kappa shape index (κ3) is 7.62. The molecular formula is C24H31FN4O3. The molecule has 0 aromatic heterocycles. The molecule has 1 aliphatic rings. The number of halogens is 1. The minimum Gasteiger partial charge on any atom is -0.378 e. The van der Waals surface area contributed by atoms with Crippen molar-refractivity contribution in [1.82, 2.24) is 10.2 Å². The van der Waals surface area contributed by atoms with Gasteiger partial charge >= 0.3 is 0 Å². The second-order valence-electron chi connectivity index (χ2n) is 7.72. The zero-order chi connectivity index (χ0) is 22.8. The SMILES string of the molecule is CCN(CCC(=O)Nc1ccc(N2CCOCC2)cc1)CC(=O)NCc1ccc(F)cc1. The lowest BCUT2D eigenvalue weighted by Gasteiger charge is -2.28. The Balaban J connectivity index is 1.38. The average Bonchev–Trinajstić information content (AvgIpc) is 2.82. The number of nitrogens with one attached hydrogen (secondary N) is 2. The topological polar surface area (TPSA) is 73.9 Å². The van der Waals surface area contributed by atoms with E-state index in [1.54, 1.807) is 12.1 Å². The minimum absolute atomic E-state index is 0.0886. The van der Waals surface area contributed by atoms with Gasteiger partial charge < -0.3 is 20.3 Å². The monoisotopic (exact) mass is 442 g/mol. The van der Waals surface area contributed by atoms with Crippen molar-refractivity contribution in [3.63, 3.8) is 0 Å². The van der Waals surface area contributed by atoms with E-state index in [-0.39, 0.29) is 24.2 Å². The lowest BCUT2D eigenvalue weighted by atomic mass is 10.2. The van der Waals surface area contributed by atoms with Crippen LogP contribution in [0.2, 0.25) is 0 Å². The zero-order valence-electron chi connectivity index (χ0n) is 18.5. The molecule has 2 N–H and O–H groups in total. The number of likely N-dealkylation sites (N-methyl/N-ethyl adjacent to an activating group) is 1. The van der Waals surface area contributed by atoms with Crippen LogP contribution in [0.5, 0.6) is 0 Å². The molecule has 2 aromatic rings. The fourth-order valence-corrected chi connectivity index (χ4v) is 3.47. The number of nitrogens with zero attached hydrogens (tertiary/aromatic N) is 2. The highest BCUT2D eigenvalue weighted by molar-refractivity contribution is 5.91. The van der Waals surface area contributed by atoms with Gasteiger partial charge in [-0.05, 0) is 48.5 Å². The first-order chi connectivity index (χ1) is 15.5. The Hall–Kier alpha value is -2.97. The first-order valence-corrected chi connectivity index (χ1v) is 11.0. The summed E-state index contributed by atoms with van der Waals surface area (Å²) in [6, 6.07) is 13.8. The maximum atomic E-state index is 13.0. The molecule has 0 atom stereocenters. The van der Waals surface area contributed by atoms with E-state index in [2.05, 4.69) is 15.5 Å². The predicted molar refractivity (Wildman–Crippen MR) is 123 cm³/mol. The Morgan fingerprint density at radius 3 is 2.38 bits per heavy atom. The highest BCUT2D eigenvalue weighted by Gasteiger charge is 2.13. The van der Waals surface area contributed by atoms with Gasteiger partial charge in [0.15, 0.2) is 0 Å². The molecule has 8 heteroatoms. The van der Waals surface area contributed by atoms with Gasteiger partial charge in [-0.15, -0.1) is 0 Å². The van der Waals surface area contributed by atoms with Crippen LogP contribution in [0.3, 0.4) is 0 Å². The second kappa shape index (κ2) is 12.2. The quantitative estimate of drug-likeness (QED) is 0.592. The Bertz CT molecular complexity index is 868. The molecule has 172 valence electrons. The van der Waals surface area contributed by atoms with Crippen molar-refractivity contribution in [2.45, 2.75) is 19.9 Å². The van der Waals surface area contributed by atoms with Crippen LogP contribution in [0, 0.1) is 5.82 Å². The molecule has 1 saturated heterocycles. The van der Waals surface area contributed by atoms with E-state index in [4.69, 9.17) is 4.74 Å². The van der Waals surface area contributed by atoms with Crippen LogP contribution in [0.25, 0.3) is 0 Å². The zero-order valence-corrected chi connectivity index (χ0v) is 18.5. The third-order valence-electron chi connectivity index (χ3n) is 5.40. The predicted octanol–water partition coefficient (Wildman–Crippen LogP) is 2.63. The number of benzene rings is 2. The van der Waals surface area contributed by atoms with E-state index >= 15 is 0 Å². The smallest absolute Gasteiger partial charge is 0.234 e. The highest BCUT2D eigenvalue weighted by atomic mass is 19.1. The lowest BCUT2D eigenvalue weighted by Crippen LogP contribution is -2.38. The van der Waals surface area contributed by atoms with Crippen LogP contribution < -0.4 is 15.5 Å². The summed E-state index contributed by atoms with van der Waals surface area (Å²) >= 11 is 0. The second-order valence-corrected chi connectivity index (χ2v) is 7.72. The average molecular weight is 443 g/mol. The number of carbonyl (C=O) groups is 2. The molecule has 1 heterocycles. The van der Waals surface area contributed by atoms with Gasteiger partial charge in [0.2, 0.25) is 11.8 Å². The summed E-state index contributed by atoms with van der Waals surface area (Å²) in [5, 5.41) is 5.74. The molecule has 0 unspecified atom stereocenters. The molecule has 0 saturated carbocycles. The normalized spacial score (nSPS) is 13.8. The highest BCUT2D eigenvalue weighted by Crippen LogP contribution is 2.19. The molecule has 0 spiro atoms. The van der Waals surface area contributed by atoms with Crippen LogP contribution in [0.15, 0.2) is 48.5 Å². The molecule has 7 nitrogen and oxygen atoms in total. The molecule has 0 radical (unpaired) electrons. The summed E-state index contributed by atoms with van der Waals surface area (Å²) in [5.74, 6) is -0.520. The maximum absolute atomic E-state index is 13.0. The number of morpholine rings is 1. The summed E-state index contributed by atoms with van der Waals surface area (Å²) in [7, 11) is 0. The van der Waals surface area contributed by atoms with E-state index < -0.39 is 0 Å². The number of amides is 2. The number of hydrogen-bond donors (Lipinski definition) is 2. The van der Waals surface area contributed by atoms with Gasteiger partial charge in [0.05, 0.1) is 19.8 Å². The van der Waals surface area contributed by atoms with Gasteiger partial charge in [-0.25, -0.2) is 4.39 Å². The summed E-state index contributed by atoms with van der Waals surface area (Å²) < 4.78 is 18.3. The molecule has 1 aliphatic heterocycles. The van der Waals surface area contributed by atoms with Crippen molar-refractivity contribution >= 4 is 23.2 Å². The molecule has 2 amide bonds. The summed E-state index contributed by atoms with van der Waals surface area (Å²) in [4.78, 5) is 28.7. The van der Waals surface area contributed by atoms with Crippen LogP contribution in [0.1, 0.15) is 18.9 Å². The number of hydrogen-bond acceptors (Lipinski definition) is 5. The standard InChI is InChI=1S/C24H31FN4O3/c1-2-28(18-24(31)26-17-19-3-5-20(25)6-4-19)12-11-23(30)27-21-7-9-22(10-8-21)29-13-15-32-16-14-29/h3-10H,2,11-18H2,1H3,(H,26,31)(H,27,30). The van der Waals surface area contributed by atoms with E-state index in [9.17, 15) is 14.0 Å². The van der Waals surface area contributed by atoms with Gasteiger partial charge in [-0.1, -0.05) is 19.1 Å². The van der Waals surface area contributed by atoms with Crippen LogP contribution in [0.4, 0.5) is 15.8 Å². The Morgan fingerprint density at radius 2 is 1.72 bits per heavy atom. The van der Waals surface area contributed by atoms with Crippen molar-refractivity contribution in [2.75, 3.05) is 56.2 Å². The maximum Gasteiger partial charge on any atom is 0.234 e. The largest absolute Gasteiger partial charge is 0.378 e. The van der Waals surface area contributed by atoms with Gasteiger partial charge in [-0.3, -0.25) is 14.5 Å². The summed E-state index contributed by atoms with van der Waals surface area (Å²) in [5.41, 5.74) is 2.71. The van der Waals surface area contributed by atoms with E-state index in [1.807, 2.05) is 36.1 Å². The molecule has 1 fully saturated rings. The number of anilines is 2. The third-order valence-corrected chi connectivity index (χ3v) is 5.40. The van der Waals surface area contributed by atoms with Crippen molar-refractivity contribution < 1.29 is 18.7 Å². The van der Waals surface area contributed by atoms with E-state index in [0.29, 0.717) is 26.1 Å². The van der Waals surface area contributed by atoms with Crippen molar-refractivity contribution in [3.05, 3.63) is 59.9 Å². The summed E-state index contributed by atoms with van der Waals surface area (Å²) in [6.45, 7) is 6.86. The molecule has 0 bridgehead atoms. The molecule has 2 aromatic carbocycles. The van der Waals surface area contributed by atoms with Gasteiger partial charge in [-0.2, -0.15) is 0 Å². The minimum atomic E-state index is -0.302. The van der Waals surface area contributed by atoms with E-state index in [1.165, 1.54) is 12.1 Å². The van der Waals surface area contributed by atoms with Crippen molar-refractivity contribution in [1.29, 1.82) is 0 Å². The Labute approximate surface area is 188 Å². The van der Waals surface area contributed by atoms with Crippen molar-refractivity contribution in [3.8, 4) is 0 Å². The van der Waals surface area contributed by atoms with Crippen LogP contribution in [-0.2, 0) is 20.9 Å². The Kier molecular flexibility index (Phi) is 9.01. The van der Waals surface area contributed by atoms with Gasteiger partial charge in [0.1, 0.15) is 5.82 Å². The van der Waals surface area contributed by atoms with Gasteiger partial charge in [0, 0.05) is 44.0 Å². The van der Waals surface area contributed by atoms with Crippen LogP contribution >= 0.6 is 0 Å². The fourth-order valence-electron chi connectivity index (χ4n) is 3.47. The number of ether oxygens (including phenoxy) is 1. The fraction of sp³-hybridized carbons (Fsp3) is 0.417. The number of rotatable bonds is 10. The summed E-state index contributed by atoms with van der Waals surface area (Å²) in [6.07, 6.45) is 0.296. The first-order valence-electron chi connectivity index (χ1n) is 11.0. The lowest BCUT2D eigenvalue weighted by molar-refractivity contribution is -0.123. The molecule has 32 heavy (non-hydrogen) atoms. The van der Waals surface area contributed by atoms with Crippen LogP contribution in [-0.4, -0.2) is 62.7 Å². The van der Waals surface area contributed by atoms with E-state index in [0.717, 1.165) is 43.2 Å². The molecule has 3 rings (SSSR count). The van der Waals surface area contributed by atoms with Crippen molar-refractivity contribution in [2.24, 2.45) is 0 Å². The first kappa shape index (κ1) is 23.7. The number of carbonyl (C=O) groups excluding carboxylic acids is 2. The molecule has 0 aliphatic carbocycles. The molecular weight excluding hydrogens is 411 g/mol.